The van der Waals surface area contributed by atoms with Crippen LogP contribution >= 0.6 is 34.8 Å². The Morgan fingerprint density at radius 1 is 1.03 bits per heavy atom. The van der Waals surface area contributed by atoms with Crippen LogP contribution < -0.4 is 10.2 Å². The molecular formula is C25H21Cl3N2O5. The summed E-state index contributed by atoms with van der Waals surface area (Å²) in [5.74, 6) is -3.17. The molecule has 2 aromatic rings. The van der Waals surface area contributed by atoms with Crippen LogP contribution in [0.2, 0.25) is 5.02 Å². The molecule has 1 saturated heterocycles. The minimum atomic E-state index is -0.759. The number of fused-ring (bicyclic) bond motifs is 5. The molecule has 3 fully saturated rings. The van der Waals surface area contributed by atoms with Gasteiger partial charge in [0, 0.05) is 10.7 Å². The number of imide groups is 1. The first kappa shape index (κ1) is 24.1. The number of hydrogen-bond donors (Lipinski definition) is 1. The highest BCUT2D eigenvalue weighted by Gasteiger charge is 2.66. The van der Waals surface area contributed by atoms with Gasteiger partial charge in [0.25, 0.3) is 5.91 Å². The first-order valence-corrected chi connectivity index (χ1v) is 12.4. The monoisotopic (exact) mass is 534 g/mol. The van der Waals surface area contributed by atoms with Gasteiger partial charge in [0.05, 0.1) is 33.8 Å². The van der Waals surface area contributed by atoms with E-state index in [1.165, 1.54) is 12.1 Å². The van der Waals surface area contributed by atoms with E-state index in [4.69, 9.17) is 39.5 Å². The smallest absolute Gasteiger partial charge is 0.338 e. The molecule has 35 heavy (non-hydrogen) atoms. The number of halogens is 3. The van der Waals surface area contributed by atoms with Crippen molar-refractivity contribution in [1.29, 1.82) is 0 Å². The Bertz CT molecular complexity index is 1220. The molecular weight excluding hydrogens is 515 g/mol. The number of amides is 3. The van der Waals surface area contributed by atoms with Crippen molar-refractivity contribution in [1.82, 2.24) is 0 Å². The second-order valence-corrected chi connectivity index (χ2v) is 10.6. The van der Waals surface area contributed by atoms with Gasteiger partial charge in [-0.25, -0.2) is 4.79 Å². The van der Waals surface area contributed by atoms with E-state index in [0.29, 0.717) is 17.1 Å². The van der Waals surface area contributed by atoms with Crippen molar-refractivity contribution in [3.63, 3.8) is 0 Å². The average molecular weight is 536 g/mol. The second kappa shape index (κ2) is 9.12. The van der Waals surface area contributed by atoms with Gasteiger partial charge < -0.3 is 10.1 Å². The fourth-order valence-corrected chi connectivity index (χ4v) is 6.53. The number of rotatable bonds is 5. The van der Waals surface area contributed by atoms with Gasteiger partial charge in [-0.1, -0.05) is 23.7 Å². The molecule has 6 atom stereocenters. The lowest BCUT2D eigenvalue weighted by Gasteiger charge is -2.28. The molecule has 1 heterocycles. The van der Waals surface area contributed by atoms with Crippen LogP contribution in [0.4, 0.5) is 11.4 Å². The van der Waals surface area contributed by atoms with E-state index < -0.39 is 30.3 Å². The largest absolute Gasteiger partial charge is 0.452 e. The van der Waals surface area contributed by atoms with Crippen molar-refractivity contribution in [3.05, 3.63) is 58.6 Å². The lowest BCUT2D eigenvalue weighted by molar-refractivity contribution is -0.123. The Kier molecular flexibility index (Phi) is 6.28. The molecule has 2 aliphatic carbocycles. The van der Waals surface area contributed by atoms with Gasteiger partial charge in [-0.3, -0.25) is 19.3 Å². The lowest BCUT2D eigenvalue weighted by Crippen LogP contribution is -2.37. The number of carbonyl (C=O) groups excluding carboxylic acids is 4. The molecule has 7 nitrogen and oxygen atoms in total. The summed E-state index contributed by atoms with van der Waals surface area (Å²) in [6.45, 7) is 1.32. The number of nitrogens with zero attached hydrogens (tertiary/aromatic N) is 1. The van der Waals surface area contributed by atoms with Crippen LogP contribution in [0.5, 0.6) is 0 Å². The zero-order chi connectivity index (χ0) is 25.0. The Morgan fingerprint density at radius 2 is 1.69 bits per heavy atom. The molecule has 2 saturated carbocycles. The Morgan fingerprint density at radius 3 is 2.31 bits per heavy atom. The first-order valence-electron chi connectivity index (χ1n) is 11.2. The summed E-state index contributed by atoms with van der Waals surface area (Å²) in [5.41, 5.74) is 1.73. The van der Waals surface area contributed by atoms with Crippen LogP contribution in [-0.2, 0) is 19.1 Å². The molecule has 1 N–H and O–H groups in total. The Balaban J connectivity index is 1.26. The number of nitrogens with one attached hydrogen (secondary N) is 1. The van der Waals surface area contributed by atoms with E-state index in [1.54, 1.807) is 30.3 Å². The predicted octanol–water partition coefficient (Wildman–Crippen LogP) is 4.41. The van der Waals surface area contributed by atoms with E-state index in [1.807, 2.05) is 6.92 Å². The molecule has 0 unspecified atom stereocenters. The van der Waals surface area contributed by atoms with Gasteiger partial charge in [0.1, 0.15) is 0 Å². The highest BCUT2D eigenvalue weighted by atomic mass is 35.5. The quantitative estimate of drug-likeness (QED) is 0.348. The maximum Gasteiger partial charge on any atom is 0.338 e. The number of alkyl halides is 2. The number of aryl methyl sites for hydroxylation is 1. The average Bonchev–Trinajstić information content (AvgIpc) is 3.44. The van der Waals surface area contributed by atoms with E-state index >= 15 is 0 Å². The van der Waals surface area contributed by atoms with E-state index in [-0.39, 0.29) is 45.7 Å². The van der Waals surface area contributed by atoms with Crippen LogP contribution in [-0.4, -0.2) is 41.1 Å². The van der Waals surface area contributed by atoms with Crippen molar-refractivity contribution >= 4 is 69.9 Å². The van der Waals surface area contributed by atoms with Crippen molar-refractivity contribution in [2.75, 3.05) is 16.8 Å². The van der Waals surface area contributed by atoms with Crippen molar-refractivity contribution in [3.8, 4) is 0 Å². The minimum absolute atomic E-state index is 0.111. The maximum absolute atomic E-state index is 13.2. The first-order chi connectivity index (χ1) is 16.7. The van der Waals surface area contributed by atoms with Gasteiger partial charge in [0.15, 0.2) is 6.61 Å². The van der Waals surface area contributed by atoms with Crippen molar-refractivity contribution < 1.29 is 23.9 Å². The molecule has 1 aliphatic heterocycles. The summed E-state index contributed by atoms with van der Waals surface area (Å²) in [7, 11) is 0. The van der Waals surface area contributed by atoms with Crippen molar-refractivity contribution in [2.45, 2.75) is 24.1 Å². The molecule has 0 aromatic heterocycles. The molecule has 0 spiro atoms. The fourth-order valence-electron chi connectivity index (χ4n) is 5.46. The summed E-state index contributed by atoms with van der Waals surface area (Å²) >= 11 is 18.9. The van der Waals surface area contributed by atoms with Crippen LogP contribution in [0.25, 0.3) is 0 Å². The van der Waals surface area contributed by atoms with Crippen LogP contribution in [0.15, 0.2) is 42.5 Å². The molecule has 10 heteroatoms. The molecule has 2 bridgehead atoms. The number of hydrogen-bond acceptors (Lipinski definition) is 5. The van der Waals surface area contributed by atoms with Gasteiger partial charge in [-0.2, -0.15) is 0 Å². The summed E-state index contributed by atoms with van der Waals surface area (Å²) in [6, 6.07) is 11.1. The number of anilines is 2. The van der Waals surface area contributed by atoms with Gasteiger partial charge >= 0.3 is 5.97 Å². The van der Waals surface area contributed by atoms with E-state index in [9.17, 15) is 19.2 Å². The molecule has 5 rings (SSSR count). The zero-order valence-corrected chi connectivity index (χ0v) is 20.8. The third kappa shape index (κ3) is 4.09. The predicted molar refractivity (Wildman–Crippen MR) is 132 cm³/mol. The minimum Gasteiger partial charge on any atom is -0.452 e. The third-order valence-corrected chi connectivity index (χ3v) is 8.84. The van der Waals surface area contributed by atoms with Crippen LogP contribution in [0.1, 0.15) is 22.3 Å². The van der Waals surface area contributed by atoms with Gasteiger partial charge in [-0.15, -0.1) is 23.2 Å². The molecule has 0 radical (unpaired) electrons. The number of carbonyl (C=O) groups is 4. The molecule has 2 aromatic carbocycles. The molecule has 3 aliphatic rings. The highest BCUT2D eigenvalue weighted by Crippen LogP contribution is 2.59. The molecule has 3 amide bonds. The van der Waals surface area contributed by atoms with Gasteiger partial charge in [0.2, 0.25) is 11.8 Å². The SMILES string of the molecule is Cc1ccc(NC(=O)COC(=O)c2cccc(N3C(=O)[C@@H]4[C@H]5C[C@@H]([C@H](Cl)[C@H]5Cl)[C@@H]4C3=O)c2)cc1Cl. The number of ether oxygens (including phenoxy) is 1. The van der Waals surface area contributed by atoms with Crippen LogP contribution in [0.3, 0.4) is 0 Å². The van der Waals surface area contributed by atoms with E-state index in [2.05, 4.69) is 5.32 Å². The summed E-state index contributed by atoms with van der Waals surface area (Å²) < 4.78 is 5.13. The van der Waals surface area contributed by atoms with Gasteiger partial charge in [-0.05, 0) is 61.1 Å². The maximum atomic E-state index is 13.2. The van der Waals surface area contributed by atoms with Crippen molar-refractivity contribution in [2.24, 2.45) is 23.7 Å². The standard InChI is InChI=1S/C25H21Cl3N2O5/c1-11-5-6-13(8-17(11)26)29-18(31)10-35-25(34)12-3-2-4-14(7-12)30-23(32)19-15-9-16(20(19)24(30)33)22(28)21(15)27/h2-8,15-16,19-22H,9-10H2,1H3,(H,29,31)/t15-,16-,19-,20+,21+,22+/m1/s1. The van der Waals surface area contributed by atoms with E-state index in [0.717, 1.165) is 10.5 Å². The number of benzene rings is 2. The number of esters is 1. The topological polar surface area (TPSA) is 92.8 Å². The third-order valence-electron chi connectivity index (χ3n) is 7.12. The lowest BCUT2D eigenvalue weighted by atomic mass is 9.80. The normalized spacial score (nSPS) is 28.9. The molecule has 182 valence electrons. The Labute approximate surface area is 216 Å². The summed E-state index contributed by atoms with van der Waals surface area (Å²) in [5, 5.41) is 2.42. The summed E-state index contributed by atoms with van der Waals surface area (Å²) in [4.78, 5) is 52.2. The fraction of sp³-hybridized carbons (Fsp3) is 0.360. The summed E-state index contributed by atoms with van der Waals surface area (Å²) in [6.07, 6.45) is 0.673. The Hall–Kier alpha value is -2.61. The highest BCUT2D eigenvalue weighted by molar-refractivity contribution is 6.32. The second-order valence-electron chi connectivity index (χ2n) is 9.15. The van der Waals surface area contributed by atoms with Crippen LogP contribution in [0, 0.1) is 30.6 Å². The zero-order valence-electron chi connectivity index (χ0n) is 18.5.